The number of fused-ring (bicyclic) bond motifs is 1. The van der Waals surface area contributed by atoms with Crippen LogP contribution in [0.15, 0.2) is 18.2 Å². The summed E-state index contributed by atoms with van der Waals surface area (Å²) in [5.41, 5.74) is 2.59. The molecule has 1 saturated heterocycles. The van der Waals surface area contributed by atoms with E-state index in [1.807, 2.05) is 11.0 Å². The zero-order valence-corrected chi connectivity index (χ0v) is 12.1. The Morgan fingerprint density at radius 3 is 2.60 bits per heavy atom. The number of benzene rings is 1. The molecule has 2 aliphatic rings. The standard InChI is InChI=1S/C16H22N2O2/c1-20-14-7-2-5-13-6-3-10-18(16(13)14)12-11-17-9-4-8-15(17)19/h2,5,7H,3-4,6,8-12H2,1H3. The monoisotopic (exact) mass is 274 g/mol. The number of anilines is 1. The summed E-state index contributed by atoms with van der Waals surface area (Å²) in [5, 5.41) is 0. The van der Waals surface area contributed by atoms with Crippen molar-refractivity contribution in [3.63, 3.8) is 0 Å². The molecule has 1 aromatic rings. The van der Waals surface area contributed by atoms with Crippen LogP contribution in [0.25, 0.3) is 0 Å². The van der Waals surface area contributed by atoms with E-state index in [4.69, 9.17) is 4.74 Å². The van der Waals surface area contributed by atoms with E-state index < -0.39 is 0 Å². The van der Waals surface area contributed by atoms with Crippen molar-refractivity contribution in [2.45, 2.75) is 25.7 Å². The second-order valence-corrected chi connectivity index (χ2v) is 5.54. The summed E-state index contributed by atoms with van der Waals surface area (Å²) in [6.07, 6.45) is 4.03. The number of amides is 1. The van der Waals surface area contributed by atoms with Crippen LogP contribution in [0.3, 0.4) is 0 Å². The quantitative estimate of drug-likeness (QED) is 0.842. The number of hydrogen-bond donors (Lipinski definition) is 0. The number of hydrogen-bond acceptors (Lipinski definition) is 3. The van der Waals surface area contributed by atoms with E-state index in [9.17, 15) is 4.79 Å². The van der Waals surface area contributed by atoms with E-state index in [0.717, 1.165) is 51.2 Å². The van der Waals surface area contributed by atoms with Crippen molar-refractivity contribution in [1.82, 2.24) is 4.90 Å². The van der Waals surface area contributed by atoms with Crippen LogP contribution < -0.4 is 9.64 Å². The predicted octanol–water partition coefficient (Wildman–Crippen LogP) is 2.07. The maximum Gasteiger partial charge on any atom is 0.222 e. The molecule has 2 heterocycles. The number of rotatable bonds is 4. The molecule has 4 heteroatoms. The summed E-state index contributed by atoms with van der Waals surface area (Å²) in [6, 6.07) is 6.27. The van der Waals surface area contributed by atoms with Gasteiger partial charge in [-0.3, -0.25) is 4.79 Å². The van der Waals surface area contributed by atoms with E-state index in [-0.39, 0.29) is 0 Å². The lowest BCUT2D eigenvalue weighted by atomic mass is 10.0. The molecule has 0 radical (unpaired) electrons. The van der Waals surface area contributed by atoms with E-state index >= 15 is 0 Å². The molecule has 1 amide bonds. The highest BCUT2D eigenvalue weighted by Crippen LogP contribution is 2.35. The van der Waals surface area contributed by atoms with Gasteiger partial charge in [-0.25, -0.2) is 0 Å². The summed E-state index contributed by atoms with van der Waals surface area (Å²) < 4.78 is 5.51. The third-order valence-electron chi connectivity index (χ3n) is 4.30. The van der Waals surface area contributed by atoms with Crippen LogP contribution in [0.4, 0.5) is 5.69 Å². The van der Waals surface area contributed by atoms with E-state index in [1.54, 1.807) is 7.11 Å². The maximum absolute atomic E-state index is 11.7. The summed E-state index contributed by atoms with van der Waals surface area (Å²) in [5.74, 6) is 1.26. The SMILES string of the molecule is COc1cccc2c1N(CCN1CCCC1=O)CCC2. The molecular weight excluding hydrogens is 252 g/mol. The second-order valence-electron chi connectivity index (χ2n) is 5.54. The highest BCUT2D eigenvalue weighted by Gasteiger charge is 2.24. The lowest BCUT2D eigenvalue weighted by Gasteiger charge is -2.33. The van der Waals surface area contributed by atoms with Gasteiger partial charge in [0.2, 0.25) is 5.91 Å². The van der Waals surface area contributed by atoms with Crippen molar-refractivity contribution in [1.29, 1.82) is 0 Å². The average molecular weight is 274 g/mol. The number of para-hydroxylation sites is 1. The Hall–Kier alpha value is -1.71. The van der Waals surface area contributed by atoms with Gasteiger partial charge in [-0.05, 0) is 30.9 Å². The van der Waals surface area contributed by atoms with Crippen LogP contribution in [0.2, 0.25) is 0 Å². The normalized spacial score (nSPS) is 18.4. The van der Waals surface area contributed by atoms with Gasteiger partial charge >= 0.3 is 0 Å². The number of carbonyl (C=O) groups is 1. The highest BCUT2D eigenvalue weighted by molar-refractivity contribution is 5.78. The molecule has 0 aromatic heterocycles. The van der Waals surface area contributed by atoms with Crippen LogP contribution in [-0.2, 0) is 11.2 Å². The Morgan fingerprint density at radius 1 is 1.10 bits per heavy atom. The van der Waals surface area contributed by atoms with Crippen LogP contribution >= 0.6 is 0 Å². The van der Waals surface area contributed by atoms with Crippen LogP contribution in [0.1, 0.15) is 24.8 Å². The van der Waals surface area contributed by atoms with Gasteiger partial charge in [0.1, 0.15) is 5.75 Å². The third-order valence-corrected chi connectivity index (χ3v) is 4.30. The van der Waals surface area contributed by atoms with E-state index in [1.165, 1.54) is 17.7 Å². The van der Waals surface area contributed by atoms with Crippen molar-refractivity contribution in [2.24, 2.45) is 0 Å². The Labute approximate surface area is 120 Å². The molecule has 2 aliphatic heterocycles. The number of aryl methyl sites for hydroxylation is 1. The fraction of sp³-hybridized carbons (Fsp3) is 0.562. The first kappa shape index (κ1) is 13.3. The lowest BCUT2D eigenvalue weighted by Crippen LogP contribution is -2.38. The van der Waals surface area contributed by atoms with Gasteiger partial charge in [0.25, 0.3) is 0 Å². The zero-order chi connectivity index (χ0) is 13.9. The minimum absolute atomic E-state index is 0.308. The molecule has 3 rings (SSSR count). The lowest BCUT2D eigenvalue weighted by molar-refractivity contribution is -0.127. The number of carbonyl (C=O) groups excluding carboxylic acids is 1. The molecule has 0 N–H and O–H groups in total. The summed E-state index contributed by atoms with van der Waals surface area (Å²) in [6.45, 7) is 3.70. The average Bonchev–Trinajstić information content (AvgIpc) is 2.89. The predicted molar refractivity (Wildman–Crippen MR) is 79.3 cm³/mol. The number of ether oxygens (including phenoxy) is 1. The fourth-order valence-electron chi connectivity index (χ4n) is 3.27. The van der Waals surface area contributed by atoms with Gasteiger partial charge in [-0.2, -0.15) is 0 Å². The molecule has 0 aliphatic carbocycles. The first-order valence-electron chi connectivity index (χ1n) is 7.48. The van der Waals surface area contributed by atoms with E-state index in [0.29, 0.717) is 5.91 Å². The van der Waals surface area contributed by atoms with Gasteiger partial charge in [0.05, 0.1) is 12.8 Å². The Kier molecular flexibility index (Phi) is 3.81. The van der Waals surface area contributed by atoms with Crippen molar-refractivity contribution < 1.29 is 9.53 Å². The maximum atomic E-state index is 11.7. The van der Waals surface area contributed by atoms with Crippen LogP contribution in [-0.4, -0.2) is 44.1 Å². The second kappa shape index (κ2) is 5.73. The van der Waals surface area contributed by atoms with Crippen molar-refractivity contribution in [2.75, 3.05) is 38.2 Å². The van der Waals surface area contributed by atoms with Crippen molar-refractivity contribution >= 4 is 11.6 Å². The Balaban J connectivity index is 1.74. The molecule has 0 bridgehead atoms. The highest BCUT2D eigenvalue weighted by atomic mass is 16.5. The van der Waals surface area contributed by atoms with Crippen LogP contribution in [0.5, 0.6) is 5.75 Å². The van der Waals surface area contributed by atoms with Gasteiger partial charge in [-0.15, -0.1) is 0 Å². The smallest absolute Gasteiger partial charge is 0.222 e. The molecule has 1 aromatic carbocycles. The molecule has 0 atom stereocenters. The minimum atomic E-state index is 0.308. The molecule has 0 unspecified atom stereocenters. The van der Waals surface area contributed by atoms with Crippen LogP contribution in [0, 0.1) is 0 Å². The molecule has 4 nitrogen and oxygen atoms in total. The first-order chi connectivity index (χ1) is 9.79. The summed E-state index contributed by atoms with van der Waals surface area (Å²) in [7, 11) is 1.73. The van der Waals surface area contributed by atoms with Gasteiger partial charge in [0.15, 0.2) is 0 Å². The Bertz CT molecular complexity index is 487. The van der Waals surface area contributed by atoms with Gasteiger partial charge in [-0.1, -0.05) is 12.1 Å². The van der Waals surface area contributed by atoms with E-state index in [2.05, 4.69) is 17.0 Å². The molecule has 0 saturated carbocycles. The minimum Gasteiger partial charge on any atom is -0.495 e. The molecule has 20 heavy (non-hydrogen) atoms. The largest absolute Gasteiger partial charge is 0.495 e. The molecule has 108 valence electrons. The Morgan fingerprint density at radius 2 is 1.85 bits per heavy atom. The van der Waals surface area contributed by atoms with Gasteiger partial charge in [0, 0.05) is 32.6 Å². The molecule has 1 fully saturated rings. The zero-order valence-electron chi connectivity index (χ0n) is 12.1. The first-order valence-corrected chi connectivity index (χ1v) is 7.48. The number of methoxy groups -OCH3 is 1. The van der Waals surface area contributed by atoms with Gasteiger partial charge < -0.3 is 14.5 Å². The third kappa shape index (κ3) is 2.47. The molecular formula is C16H22N2O2. The molecule has 0 spiro atoms. The topological polar surface area (TPSA) is 32.8 Å². The van der Waals surface area contributed by atoms with Crippen molar-refractivity contribution in [3.05, 3.63) is 23.8 Å². The number of nitrogens with zero attached hydrogens (tertiary/aromatic N) is 2. The summed E-state index contributed by atoms with van der Waals surface area (Å²) in [4.78, 5) is 16.1. The number of likely N-dealkylation sites (tertiary alicyclic amines) is 1. The summed E-state index contributed by atoms with van der Waals surface area (Å²) >= 11 is 0. The fourth-order valence-corrected chi connectivity index (χ4v) is 3.27. The van der Waals surface area contributed by atoms with Crippen molar-refractivity contribution in [3.8, 4) is 5.75 Å².